The van der Waals surface area contributed by atoms with Gasteiger partial charge in [-0.3, -0.25) is 0 Å². The molecule has 117 heavy (non-hydrogen) atoms. The summed E-state index contributed by atoms with van der Waals surface area (Å²) in [6.07, 6.45) is 18.1. The molecule has 5 heteroatoms. The Morgan fingerprint density at radius 3 is 0.701 bits per heavy atom. The molecule has 0 amide bonds. The SMILES string of the molecule is CCCCCCCCCCOC(=O)c1cc2cc(c1)C#Cc1cc3cc(c4cccc(C)c4c3c3c(C)cccc13)C#Cc1cc(cc(C(=O)OCCCCCCCCCC)c1)C#Cc1cc3cc(c4cccc(C)c4c3c3c(C)cccc13)C#Cc1cc(N)cc(c1)C#Cc1cc3cc(c4cccc(C)c4c3c3c(C)cccc13)C#C2. The van der Waals surface area contributed by atoms with Crippen LogP contribution in [0.1, 0.15) is 237 Å². The van der Waals surface area contributed by atoms with E-state index in [4.69, 9.17) is 15.2 Å². The average molecular weight is 1520 g/mol. The number of anilines is 1. The number of fused-ring (bicyclic) bond motifs is 30. The molecule has 0 aliphatic heterocycles. The number of ether oxygens (including phenoxy) is 2. The second-order valence-electron chi connectivity index (χ2n) is 32.0. The first-order valence-corrected chi connectivity index (χ1v) is 42.0. The van der Waals surface area contributed by atoms with Crippen LogP contribution >= 0.6 is 0 Å². The Morgan fingerprint density at radius 1 is 0.256 bits per heavy atom. The highest BCUT2D eigenvalue weighted by atomic mass is 16.5. The molecule has 15 aromatic rings. The third-order valence-electron chi connectivity index (χ3n) is 23.3. The van der Waals surface area contributed by atoms with Gasteiger partial charge < -0.3 is 15.2 Å². The number of hydrogen-bond donors (Lipinski definition) is 1. The van der Waals surface area contributed by atoms with Crippen LogP contribution < -0.4 is 5.73 Å². The van der Waals surface area contributed by atoms with Crippen LogP contribution in [0.5, 0.6) is 0 Å². The minimum absolute atomic E-state index is 0.323. The molecule has 1 aliphatic rings. The van der Waals surface area contributed by atoms with Crippen LogP contribution in [-0.2, 0) is 9.47 Å². The predicted octanol–water partition coefficient (Wildman–Crippen LogP) is 26.8. The van der Waals surface area contributed by atoms with Gasteiger partial charge in [0, 0.05) is 72.4 Å². The van der Waals surface area contributed by atoms with Crippen molar-refractivity contribution in [1.82, 2.24) is 0 Å². The van der Waals surface area contributed by atoms with E-state index >= 15 is 0 Å². The standard InChI is InChI=1S/C112H95NO4/c1-9-11-13-15-17-19-21-23-55-116-111(114)93-60-78-43-49-84-66-90-67-85(97-38-26-32-73(4)103(97)108(90)102-72(3)31-25-37-96(84)102)50-44-79-58-81(63-94(61-79)112(115)117-56-24-22-20-18-16-14-12-10-2)46-52-87-69-92-71-89(101-42-30-36-77(8)107(101)110(92)105-75(6)34-28-40-99(87)105)54-48-83-59-82(64-95(113)65-83)47-53-88-70-91-68-86(51-45-80(57-78)62-93)98-39-27-33-74(5)104(98)109(91)106-76(7)35-29-41-100(88)106/h25-42,57-71H,9-24,55-56,113H2,1-8H3. The van der Waals surface area contributed by atoms with Crippen LogP contribution in [0.25, 0.3) is 97.0 Å². The highest BCUT2D eigenvalue weighted by molar-refractivity contribution is 6.27. The van der Waals surface area contributed by atoms with Crippen LogP contribution in [0, 0.1) is 113 Å². The van der Waals surface area contributed by atoms with Crippen LogP contribution in [0.4, 0.5) is 5.69 Å². The van der Waals surface area contributed by atoms with Gasteiger partial charge in [-0.1, -0.05) is 284 Å². The number of carbonyl (C=O) groups excluding carboxylic acids is 2. The number of aryl methyl sites for hydroxylation is 6. The van der Waals surface area contributed by atoms with Crippen molar-refractivity contribution in [2.24, 2.45) is 0 Å². The molecule has 0 aromatic heterocycles. The minimum Gasteiger partial charge on any atom is -0.462 e. The summed E-state index contributed by atoms with van der Waals surface area (Å²) in [7, 11) is 0. The summed E-state index contributed by atoms with van der Waals surface area (Å²) in [5, 5.41) is 19.3. The molecule has 0 unspecified atom stereocenters. The second-order valence-corrected chi connectivity index (χ2v) is 32.0. The van der Waals surface area contributed by atoms with Gasteiger partial charge >= 0.3 is 11.9 Å². The summed E-state index contributed by atoms with van der Waals surface area (Å²) in [4.78, 5) is 29.0. The Balaban J connectivity index is 0.903. The van der Waals surface area contributed by atoms with E-state index in [1.54, 1.807) is 0 Å². The molecule has 0 heterocycles. The third kappa shape index (κ3) is 16.6. The van der Waals surface area contributed by atoms with Gasteiger partial charge in [-0.05, 0) is 276 Å². The summed E-state index contributed by atoms with van der Waals surface area (Å²) in [5.41, 5.74) is 24.0. The van der Waals surface area contributed by atoms with Gasteiger partial charge in [-0.15, -0.1) is 0 Å². The Bertz CT molecular complexity index is 6620. The Kier molecular flexibility index (Phi) is 23.1. The number of benzene rings is 15. The molecule has 572 valence electrons. The molecule has 15 bridgehead atoms. The van der Waals surface area contributed by atoms with Gasteiger partial charge in [0.1, 0.15) is 0 Å². The van der Waals surface area contributed by atoms with Gasteiger partial charge in [0.15, 0.2) is 0 Å². The van der Waals surface area contributed by atoms with Crippen molar-refractivity contribution in [3.05, 3.63) is 311 Å². The molecular weight excluding hydrogens is 1420 g/mol. The first kappa shape index (κ1) is 77.7. The quantitative estimate of drug-likeness (QED) is 0.0270. The van der Waals surface area contributed by atoms with Crippen LogP contribution in [0.2, 0.25) is 0 Å². The molecule has 5 nitrogen and oxygen atoms in total. The van der Waals surface area contributed by atoms with Crippen LogP contribution in [0.15, 0.2) is 200 Å². The van der Waals surface area contributed by atoms with Crippen molar-refractivity contribution < 1.29 is 19.1 Å². The summed E-state index contributed by atoms with van der Waals surface area (Å²) in [6.45, 7) is 18.2. The summed E-state index contributed by atoms with van der Waals surface area (Å²) >= 11 is 0. The van der Waals surface area contributed by atoms with Gasteiger partial charge in [-0.25, -0.2) is 9.59 Å². The lowest BCUT2D eigenvalue weighted by Crippen LogP contribution is -2.07. The normalized spacial score (nSPS) is 11.6. The maximum Gasteiger partial charge on any atom is 0.338 e. The summed E-state index contributed by atoms with van der Waals surface area (Å²) < 4.78 is 12.2. The number of nitrogen functional groups attached to an aromatic ring is 1. The summed E-state index contributed by atoms with van der Waals surface area (Å²) in [6, 6.07) is 69.1. The molecular formula is C112H95NO4. The first-order chi connectivity index (χ1) is 57.1. The zero-order valence-corrected chi connectivity index (χ0v) is 68.5. The van der Waals surface area contributed by atoms with Crippen molar-refractivity contribution in [2.45, 2.75) is 158 Å². The number of carbonyl (C=O) groups is 2. The number of unbranched alkanes of at least 4 members (excludes halogenated alkanes) is 14. The van der Waals surface area contributed by atoms with Gasteiger partial charge in [-0.2, -0.15) is 0 Å². The fourth-order valence-corrected chi connectivity index (χ4v) is 17.5. The Hall–Kier alpha value is -13.3. The van der Waals surface area contributed by atoms with Gasteiger partial charge in [0.2, 0.25) is 0 Å². The molecule has 0 atom stereocenters. The largest absolute Gasteiger partial charge is 0.462 e. The van der Waals surface area contributed by atoms with Gasteiger partial charge in [0.05, 0.1) is 24.3 Å². The number of rotatable bonds is 20. The zero-order valence-electron chi connectivity index (χ0n) is 68.5. The van der Waals surface area contributed by atoms with E-state index in [1.165, 1.54) is 64.2 Å². The highest BCUT2D eigenvalue weighted by Gasteiger charge is 2.21. The maximum atomic E-state index is 14.5. The number of esters is 2. The van der Waals surface area contributed by atoms with E-state index < -0.39 is 11.9 Å². The number of nitrogens with two attached hydrogens (primary N) is 1. The zero-order chi connectivity index (χ0) is 80.6. The molecule has 0 saturated heterocycles. The topological polar surface area (TPSA) is 78.6 Å². The Labute approximate surface area is 688 Å². The van der Waals surface area contributed by atoms with Gasteiger partial charge in [0.25, 0.3) is 0 Å². The van der Waals surface area contributed by atoms with Crippen molar-refractivity contribution in [3.8, 4) is 71.0 Å². The van der Waals surface area contributed by atoms with E-state index in [2.05, 4.69) is 272 Å². The molecule has 1 aliphatic carbocycles. The fraction of sp³-hybridized carbons (Fsp3) is 0.232. The van der Waals surface area contributed by atoms with E-state index in [9.17, 15) is 9.59 Å². The molecule has 0 spiro atoms. The lowest BCUT2D eigenvalue weighted by molar-refractivity contribution is 0.0488. The fourth-order valence-electron chi connectivity index (χ4n) is 17.5. The monoisotopic (exact) mass is 1520 g/mol. The molecule has 0 fully saturated rings. The molecule has 15 aromatic carbocycles. The van der Waals surface area contributed by atoms with E-state index in [0.29, 0.717) is 52.3 Å². The third-order valence-corrected chi connectivity index (χ3v) is 23.3. The van der Waals surface area contributed by atoms with Crippen LogP contribution in [0.3, 0.4) is 0 Å². The maximum absolute atomic E-state index is 14.5. The minimum atomic E-state index is -0.410. The molecule has 16 rings (SSSR count). The van der Waals surface area contributed by atoms with Crippen molar-refractivity contribution >= 4 is 115 Å². The van der Waals surface area contributed by atoms with Crippen molar-refractivity contribution in [3.63, 3.8) is 0 Å². The van der Waals surface area contributed by atoms with Crippen molar-refractivity contribution in [1.29, 1.82) is 0 Å². The first-order valence-electron chi connectivity index (χ1n) is 42.0. The molecule has 0 radical (unpaired) electrons. The molecule has 0 saturated carbocycles. The lowest BCUT2D eigenvalue weighted by Gasteiger charge is -2.15. The smallest absolute Gasteiger partial charge is 0.338 e. The molecule has 2 N–H and O–H groups in total. The van der Waals surface area contributed by atoms with E-state index in [-0.39, 0.29) is 0 Å². The van der Waals surface area contributed by atoms with Crippen LogP contribution in [-0.4, -0.2) is 25.2 Å². The lowest BCUT2D eigenvalue weighted by atomic mass is 9.87. The summed E-state index contributed by atoms with van der Waals surface area (Å²) in [5.74, 6) is 42.6. The second kappa shape index (κ2) is 34.8. The van der Waals surface area contributed by atoms with E-state index in [0.717, 1.165) is 213 Å². The van der Waals surface area contributed by atoms with E-state index in [1.807, 2.05) is 54.6 Å². The average Bonchev–Trinajstić information content (AvgIpc) is 0.739. The predicted molar refractivity (Wildman–Crippen MR) is 491 cm³/mol. The number of hydrogen-bond acceptors (Lipinski definition) is 5. The van der Waals surface area contributed by atoms with Crippen molar-refractivity contribution in [2.75, 3.05) is 18.9 Å². The Morgan fingerprint density at radius 2 is 0.470 bits per heavy atom. The highest BCUT2D eigenvalue weighted by Crippen LogP contribution is 2.43.